The van der Waals surface area contributed by atoms with E-state index in [2.05, 4.69) is 30.1 Å². The second-order valence-electron chi connectivity index (χ2n) is 5.38. The Kier molecular flexibility index (Phi) is 5.29. The molecule has 0 atom stereocenters. The van der Waals surface area contributed by atoms with Crippen LogP contribution in [0.5, 0.6) is 5.75 Å². The van der Waals surface area contributed by atoms with Crippen LogP contribution in [0.25, 0.3) is 0 Å². The number of hydrogen-bond donors (Lipinski definition) is 0. The average molecular weight is 335 g/mol. The maximum absolute atomic E-state index is 11.0. The standard InChI is InChI=1S/C20H17NO2S/c1-15-3-2-4-16(11-15)14-23-18-5-7-19(8-6-18)24-20-9-10-21-12-17(20)13-22/h2-13H,14H2,1H3. The number of pyridine rings is 1. The molecule has 0 aliphatic rings. The lowest BCUT2D eigenvalue weighted by atomic mass is 10.1. The first-order valence-corrected chi connectivity index (χ1v) is 8.42. The van der Waals surface area contributed by atoms with Gasteiger partial charge in [0.25, 0.3) is 0 Å². The molecule has 0 spiro atoms. The van der Waals surface area contributed by atoms with Gasteiger partial charge in [-0.1, -0.05) is 41.6 Å². The molecule has 0 unspecified atom stereocenters. The van der Waals surface area contributed by atoms with E-state index in [1.54, 1.807) is 12.4 Å². The third kappa shape index (κ3) is 4.24. The summed E-state index contributed by atoms with van der Waals surface area (Å²) in [6.07, 6.45) is 4.10. The molecular formula is C20H17NO2S. The summed E-state index contributed by atoms with van der Waals surface area (Å²) in [5, 5.41) is 0. The highest BCUT2D eigenvalue weighted by molar-refractivity contribution is 7.99. The molecule has 0 amide bonds. The Labute approximate surface area is 145 Å². The van der Waals surface area contributed by atoms with Crippen molar-refractivity contribution in [2.24, 2.45) is 0 Å². The van der Waals surface area contributed by atoms with Gasteiger partial charge in [0.05, 0.1) is 0 Å². The van der Waals surface area contributed by atoms with Crippen LogP contribution < -0.4 is 4.74 Å². The van der Waals surface area contributed by atoms with E-state index in [9.17, 15) is 4.79 Å². The lowest BCUT2D eigenvalue weighted by Crippen LogP contribution is -1.95. The second-order valence-corrected chi connectivity index (χ2v) is 6.50. The van der Waals surface area contributed by atoms with Crippen molar-refractivity contribution < 1.29 is 9.53 Å². The molecule has 0 bridgehead atoms. The number of ether oxygens (including phenoxy) is 1. The van der Waals surface area contributed by atoms with Crippen molar-refractivity contribution in [3.63, 3.8) is 0 Å². The van der Waals surface area contributed by atoms with E-state index < -0.39 is 0 Å². The number of nitrogens with zero attached hydrogens (tertiary/aromatic N) is 1. The lowest BCUT2D eigenvalue weighted by molar-refractivity contribution is 0.112. The Morgan fingerprint density at radius 3 is 2.71 bits per heavy atom. The fourth-order valence-corrected chi connectivity index (χ4v) is 3.15. The van der Waals surface area contributed by atoms with Gasteiger partial charge in [0.15, 0.2) is 6.29 Å². The van der Waals surface area contributed by atoms with E-state index >= 15 is 0 Å². The predicted octanol–water partition coefficient (Wildman–Crippen LogP) is 4.93. The van der Waals surface area contributed by atoms with Crippen LogP contribution in [-0.4, -0.2) is 11.3 Å². The van der Waals surface area contributed by atoms with Crippen molar-refractivity contribution in [1.29, 1.82) is 0 Å². The van der Waals surface area contributed by atoms with Crippen LogP contribution in [0, 0.1) is 6.92 Å². The molecule has 1 aromatic heterocycles. The number of rotatable bonds is 6. The van der Waals surface area contributed by atoms with E-state index in [4.69, 9.17) is 4.74 Å². The zero-order valence-corrected chi connectivity index (χ0v) is 14.1. The fourth-order valence-electron chi connectivity index (χ4n) is 2.27. The molecule has 3 rings (SSSR count). The molecule has 0 N–H and O–H groups in total. The smallest absolute Gasteiger partial charge is 0.152 e. The van der Waals surface area contributed by atoms with Gasteiger partial charge in [-0.05, 0) is 42.8 Å². The van der Waals surface area contributed by atoms with Crippen molar-refractivity contribution in [1.82, 2.24) is 4.98 Å². The minimum absolute atomic E-state index is 0.549. The number of aryl methyl sites for hydroxylation is 1. The molecule has 24 heavy (non-hydrogen) atoms. The van der Waals surface area contributed by atoms with E-state index in [-0.39, 0.29) is 0 Å². The van der Waals surface area contributed by atoms with Gasteiger partial charge in [-0.15, -0.1) is 0 Å². The summed E-state index contributed by atoms with van der Waals surface area (Å²) in [5.74, 6) is 0.825. The first-order valence-electron chi connectivity index (χ1n) is 7.60. The van der Waals surface area contributed by atoms with Crippen LogP contribution in [0.3, 0.4) is 0 Å². The van der Waals surface area contributed by atoms with Crippen LogP contribution >= 0.6 is 11.8 Å². The molecule has 2 aromatic carbocycles. The molecule has 3 aromatic rings. The molecule has 3 nitrogen and oxygen atoms in total. The molecule has 1 heterocycles. The van der Waals surface area contributed by atoms with Crippen LogP contribution in [0.1, 0.15) is 21.5 Å². The average Bonchev–Trinajstić information content (AvgIpc) is 2.62. The first-order chi connectivity index (χ1) is 11.7. The highest BCUT2D eigenvalue weighted by atomic mass is 32.2. The summed E-state index contributed by atoms with van der Waals surface area (Å²) < 4.78 is 5.82. The number of hydrogen-bond acceptors (Lipinski definition) is 4. The minimum atomic E-state index is 0.549. The zero-order chi connectivity index (χ0) is 16.8. The third-order valence-electron chi connectivity index (χ3n) is 3.48. The van der Waals surface area contributed by atoms with Crippen molar-refractivity contribution in [2.45, 2.75) is 23.3 Å². The fraction of sp³-hybridized carbons (Fsp3) is 0.100. The number of carbonyl (C=O) groups excluding carboxylic acids is 1. The number of aromatic nitrogens is 1. The summed E-state index contributed by atoms with van der Waals surface area (Å²) in [5.41, 5.74) is 2.98. The number of benzene rings is 2. The van der Waals surface area contributed by atoms with Gasteiger partial charge in [-0.2, -0.15) is 0 Å². The molecule has 4 heteroatoms. The normalized spacial score (nSPS) is 10.4. The molecule has 0 aliphatic carbocycles. The largest absolute Gasteiger partial charge is 0.489 e. The van der Waals surface area contributed by atoms with Crippen LogP contribution in [-0.2, 0) is 6.61 Å². The molecule has 0 saturated heterocycles. The highest BCUT2D eigenvalue weighted by Crippen LogP contribution is 2.30. The molecule has 0 radical (unpaired) electrons. The lowest BCUT2D eigenvalue weighted by Gasteiger charge is -2.08. The monoisotopic (exact) mass is 335 g/mol. The number of carbonyl (C=O) groups is 1. The topological polar surface area (TPSA) is 39.2 Å². The Morgan fingerprint density at radius 2 is 1.96 bits per heavy atom. The van der Waals surface area contributed by atoms with Gasteiger partial charge in [0.2, 0.25) is 0 Å². The SMILES string of the molecule is Cc1cccc(COc2ccc(Sc3ccncc3C=O)cc2)c1. The Balaban J connectivity index is 1.64. The van der Waals surface area contributed by atoms with Gasteiger partial charge in [0.1, 0.15) is 12.4 Å². The first kappa shape index (κ1) is 16.3. The van der Waals surface area contributed by atoms with Gasteiger partial charge < -0.3 is 4.74 Å². The molecule has 0 saturated carbocycles. The quantitative estimate of drug-likeness (QED) is 0.599. The summed E-state index contributed by atoms with van der Waals surface area (Å²) in [7, 11) is 0. The van der Waals surface area contributed by atoms with E-state index in [0.717, 1.165) is 27.4 Å². The molecule has 0 fully saturated rings. The Hall–Kier alpha value is -2.59. The van der Waals surface area contributed by atoms with Gasteiger partial charge in [-0.25, -0.2) is 0 Å². The van der Waals surface area contributed by atoms with Crippen molar-refractivity contribution in [2.75, 3.05) is 0 Å². The van der Waals surface area contributed by atoms with Crippen molar-refractivity contribution in [3.8, 4) is 5.75 Å². The van der Waals surface area contributed by atoms with E-state index in [1.165, 1.54) is 17.3 Å². The van der Waals surface area contributed by atoms with Gasteiger partial charge in [0, 0.05) is 27.7 Å². The van der Waals surface area contributed by atoms with E-state index in [1.807, 2.05) is 36.4 Å². The van der Waals surface area contributed by atoms with Crippen LogP contribution in [0.15, 0.2) is 76.8 Å². The van der Waals surface area contributed by atoms with Crippen LogP contribution in [0.2, 0.25) is 0 Å². The van der Waals surface area contributed by atoms with Gasteiger partial charge >= 0.3 is 0 Å². The summed E-state index contributed by atoms with van der Waals surface area (Å²) in [6, 6.07) is 18.0. The molecule has 120 valence electrons. The molecular weight excluding hydrogens is 318 g/mol. The van der Waals surface area contributed by atoms with Crippen molar-refractivity contribution >= 4 is 18.0 Å². The molecule has 0 aliphatic heterocycles. The minimum Gasteiger partial charge on any atom is -0.489 e. The van der Waals surface area contributed by atoms with Crippen LogP contribution in [0.4, 0.5) is 0 Å². The Morgan fingerprint density at radius 1 is 1.12 bits per heavy atom. The summed E-state index contributed by atoms with van der Waals surface area (Å²) >= 11 is 1.54. The maximum Gasteiger partial charge on any atom is 0.152 e. The highest BCUT2D eigenvalue weighted by Gasteiger charge is 2.04. The third-order valence-corrected chi connectivity index (χ3v) is 4.58. The van der Waals surface area contributed by atoms with Gasteiger partial charge in [-0.3, -0.25) is 9.78 Å². The van der Waals surface area contributed by atoms with Crippen molar-refractivity contribution in [3.05, 3.63) is 83.7 Å². The summed E-state index contributed by atoms with van der Waals surface area (Å²) in [4.78, 5) is 17.0. The Bertz CT molecular complexity index is 831. The van der Waals surface area contributed by atoms with E-state index in [0.29, 0.717) is 12.2 Å². The maximum atomic E-state index is 11.0. The second kappa shape index (κ2) is 7.79. The number of aldehydes is 1. The predicted molar refractivity (Wildman–Crippen MR) is 95.7 cm³/mol. The summed E-state index contributed by atoms with van der Waals surface area (Å²) in [6.45, 7) is 2.62. The zero-order valence-electron chi connectivity index (χ0n) is 13.3.